The van der Waals surface area contributed by atoms with Crippen molar-refractivity contribution in [2.45, 2.75) is 26.3 Å². The van der Waals surface area contributed by atoms with Gasteiger partial charge in [0.05, 0.1) is 11.9 Å². The molecule has 1 aromatic heterocycles. The fraction of sp³-hybridized carbons (Fsp3) is 0.267. The summed E-state index contributed by atoms with van der Waals surface area (Å²) in [5.41, 5.74) is 2.80. The predicted molar refractivity (Wildman–Crippen MR) is 78.0 cm³/mol. The minimum Gasteiger partial charge on any atom is -0.480 e. The van der Waals surface area contributed by atoms with E-state index in [0.717, 1.165) is 5.56 Å². The van der Waals surface area contributed by atoms with Gasteiger partial charge in [-0.25, -0.2) is 0 Å². The van der Waals surface area contributed by atoms with Gasteiger partial charge in [-0.15, -0.1) is 0 Å². The first kappa shape index (κ1) is 14.8. The number of aryl methyl sites for hydroxylation is 2. The van der Waals surface area contributed by atoms with Gasteiger partial charge in [-0.1, -0.05) is 29.8 Å². The Labute approximate surface area is 122 Å². The van der Waals surface area contributed by atoms with Crippen molar-refractivity contribution in [3.05, 3.63) is 47.8 Å². The van der Waals surface area contributed by atoms with Gasteiger partial charge in [0.1, 0.15) is 6.54 Å². The molecule has 0 atom stereocenters. The topological polar surface area (TPSA) is 84.2 Å². The summed E-state index contributed by atoms with van der Waals surface area (Å²) in [6, 6.07) is 8.05. The van der Waals surface area contributed by atoms with Crippen LogP contribution in [0.25, 0.3) is 0 Å². The van der Waals surface area contributed by atoms with E-state index in [0.29, 0.717) is 18.5 Å². The van der Waals surface area contributed by atoms with Crippen molar-refractivity contribution < 1.29 is 14.7 Å². The predicted octanol–water partition coefficient (Wildman–Crippen LogP) is 1.85. The number of hydrogen-bond acceptors (Lipinski definition) is 3. The fourth-order valence-electron chi connectivity index (χ4n) is 1.89. The lowest BCUT2D eigenvalue weighted by molar-refractivity contribution is -0.137. The monoisotopic (exact) mass is 287 g/mol. The van der Waals surface area contributed by atoms with Crippen LogP contribution >= 0.6 is 0 Å². The van der Waals surface area contributed by atoms with Gasteiger partial charge >= 0.3 is 5.97 Å². The summed E-state index contributed by atoms with van der Waals surface area (Å²) in [5, 5.41) is 15.2. The number of carbonyl (C=O) groups excluding carboxylic acids is 1. The van der Waals surface area contributed by atoms with E-state index in [-0.39, 0.29) is 12.5 Å². The zero-order valence-electron chi connectivity index (χ0n) is 11.7. The summed E-state index contributed by atoms with van der Waals surface area (Å²) in [6.45, 7) is 1.80. The van der Waals surface area contributed by atoms with Gasteiger partial charge < -0.3 is 10.4 Å². The van der Waals surface area contributed by atoms with Crippen LogP contribution in [0.3, 0.4) is 0 Å². The van der Waals surface area contributed by atoms with Gasteiger partial charge in [-0.3, -0.25) is 14.3 Å². The van der Waals surface area contributed by atoms with E-state index in [1.54, 1.807) is 0 Å². The first-order chi connectivity index (χ1) is 10.0. The molecule has 21 heavy (non-hydrogen) atoms. The molecule has 2 aromatic rings. The zero-order valence-corrected chi connectivity index (χ0v) is 11.7. The molecule has 0 saturated heterocycles. The summed E-state index contributed by atoms with van der Waals surface area (Å²) in [4.78, 5) is 22.4. The highest BCUT2D eigenvalue weighted by Crippen LogP contribution is 2.09. The van der Waals surface area contributed by atoms with E-state index in [4.69, 9.17) is 5.11 Å². The molecule has 0 spiro atoms. The Morgan fingerprint density at radius 3 is 2.67 bits per heavy atom. The third-order valence-electron chi connectivity index (χ3n) is 2.98. The molecule has 110 valence electrons. The van der Waals surface area contributed by atoms with Gasteiger partial charge in [-0.2, -0.15) is 5.10 Å². The fourth-order valence-corrected chi connectivity index (χ4v) is 1.89. The molecule has 0 aliphatic heterocycles. The van der Waals surface area contributed by atoms with Crippen molar-refractivity contribution in [1.82, 2.24) is 9.78 Å². The first-order valence-corrected chi connectivity index (χ1v) is 6.62. The second-order valence-electron chi connectivity index (χ2n) is 4.85. The van der Waals surface area contributed by atoms with Crippen LogP contribution in [0.4, 0.5) is 5.69 Å². The third-order valence-corrected chi connectivity index (χ3v) is 2.98. The Balaban J connectivity index is 1.82. The highest BCUT2D eigenvalue weighted by Gasteiger charge is 2.06. The number of aliphatic carboxylic acids is 1. The lowest BCUT2D eigenvalue weighted by Gasteiger charge is -2.03. The molecule has 6 heteroatoms. The van der Waals surface area contributed by atoms with E-state index in [1.165, 1.54) is 22.6 Å². The number of carboxylic acid groups (broad SMARTS) is 1. The van der Waals surface area contributed by atoms with Gasteiger partial charge in [0.15, 0.2) is 0 Å². The molecule has 1 heterocycles. The van der Waals surface area contributed by atoms with Crippen LogP contribution < -0.4 is 5.32 Å². The summed E-state index contributed by atoms with van der Waals surface area (Å²) in [6.07, 6.45) is 3.97. The number of benzene rings is 1. The zero-order chi connectivity index (χ0) is 15.2. The molecule has 0 unspecified atom stereocenters. The largest absolute Gasteiger partial charge is 0.480 e. The lowest BCUT2D eigenvalue weighted by atomic mass is 10.1. The maximum Gasteiger partial charge on any atom is 0.325 e. The molecule has 2 rings (SSSR count). The number of amides is 1. The smallest absolute Gasteiger partial charge is 0.325 e. The van der Waals surface area contributed by atoms with Crippen LogP contribution in [0.1, 0.15) is 17.5 Å². The average Bonchev–Trinajstić information content (AvgIpc) is 2.84. The van der Waals surface area contributed by atoms with Crippen LogP contribution in [0.5, 0.6) is 0 Å². The number of nitrogens with one attached hydrogen (secondary N) is 1. The summed E-state index contributed by atoms with van der Waals surface area (Å²) >= 11 is 0. The SMILES string of the molecule is Cc1ccc(CCC(=O)Nc2cnn(CC(=O)O)c2)cc1. The summed E-state index contributed by atoms with van der Waals surface area (Å²) in [7, 11) is 0. The van der Waals surface area contributed by atoms with E-state index in [2.05, 4.69) is 10.4 Å². The Hall–Kier alpha value is -2.63. The second-order valence-corrected chi connectivity index (χ2v) is 4.85. The van der Waals surface area contributed by atoms with Crippen LogP contribution in [-0.4, -0.2) is 26.8 Å². The van der Waals surface area contributed by atoms with Crippen molar-refractivity contribution in [2.24, 2.45) is 0 Å². The molecule has 0 aliphatic carbocycles. The number of carbonyl (C=O) groups is 2. The average molecular weight is 287 g/mol. The number of rotatable bonds is 6. The van der Waals surface area contributed by atoms with Crippen LogP contribution in [0.2, 0.25) is 0 Å². The van der Waals surface area contributed by atoms with Gasteiger partial charge in [-0.05, 0) is 18.9 Å². The number of nitrogens with zero attached hydrogens (tertiary/aromatic N) is 2. The maximum atomic E-state index is 11.8. The second kappa shape index (κ2) is 6.69. The molecule has 1 aromatic carbocycles. The Bertz CT molecular complexity index is 632. The normalized spacial score (nSPS) is 10.3. The van der Waals surface area contributed by atoms with E-state index in [1.807, 2.05) is 31.2 Å². The molecule has 1 amide bonds. The Morgan fingerprint density at radius 1 is 1.29 bits per heavy atom. The molecule has 0 saturated carbocycles. The molecule has 6 nitrogen and oxygen atoms in total. The van der Waals surface area contributed by atoms with Crippen molar-refractivity contribution in [3.63, 3.8) is 0 Å². The molecular weight excluding hydrogens is 270 g/mol. The molecule has 0 radical (unpaired) electrons. The third kappa shape index (κ3) is 4.76. The summed E-state index contributed by atoms with van der Waals surface area (Å²) in [5.74, 6) is -1.10. The van der Waals surface area contributed by atoms with Crippen molar-refractivity contribution in [3.8, 4) is 0 Å². The van der Waals surface area contributed by atoms with Crippen LogP contribution in [0, 0.1) is 6.92 Å². The molecule has 0 bridgehead atoms. The number of aromatic nitrogens is 2. The van der Waals surface area contributed by atoms with Crippen molar-refractivity contribution >= 4 is 17.6 Å². The van der Waals surface area contributed by atoms with E-state index in [9.17, 15) is 9.59 Å². The Kier molecular flexibility index (Phi) is 4.71. The Morgan fingerprint density at radius 2 is 2.00 bits per heavy atom. The quantitative estimate of drug-likeness (QED) is 0.849. The molecule has 0 aliphatic rings. The summed E-state index contributed by atoms with van der Waals surface area (Å²) < 4.78 is 1.26. The standard InChI is InChI=1S/C15H17N3O3/c1-11-2-4-12(5-3-11)6-7-14(19)17-13-8-16-18(9-13)10-15(20)21/h2-5,8-9H,6-7,10H2,1H3,(H,17,19)(H,20,21). The molecule has 0 fully saturated rings. The maximum absolute atomic E-state index is 11.8. The van der Waals surface area contributed by atoms with Gasteiger partial charge in [0, 0.05) is 12.6 Å². The minimum absolute atomic E-state index is 0.120. The molecular formula is C15H17N3O3. The van der Waals surface area contributed by atoms with E-state index >= 15 is 0 Å². The van der Waals surface area contributed by atoms with Gasteiger partial charge in [0.25, 0.3) is 0 Å². The van der Waals surface area contributed by atoms with Crippen LogP contribution in [0.15, 0.2) is 36.7 Å². The van der Waals surface area contributed by atoms with E-state index < -0.39 is 5.97 Å². The van der Waals surface area contributed by atoms with Crippen molar-refractivity contribution in [2.75, 3.05) is 5.32 Å². The number of hydrogen-bond donors (Lipinski definition) is 2. The number of anilines is 1. The highest BCUT2D eigenvalue weighted by molar-refractivity contribution is 5.90. The number of carboxylic acids is 1. The molecule has 2 N–H and O–H groups in total. The van der Waals surface area contributed by atoms with Crippen molar-refractivity contribution in [1.29, 1.82) is 0 Å². The first-order valence-electron chi connectivity index (χ1n) is 6.62. The lowest BCUT2D eigenvalue weighted by Crippen LogP contribution is -2.12. The minimum atomic E-state index is -0.977. The van der Waals surface area contributed by atoms with Crippen LogP contribution in [-0.2, 0) is 22.6 Å². The van der Waals surface area contributed by atoms with Gasteiger partial charge in [0.2, 0.25) is 5.91 Å². The highest BCUT2D eigenvalue weighted by atomic mass is 16.4.